The molecule has 24 heavy (non-hydrogen) atoms. The molecule has 140 valence electrons. The molecule has 0 amide bonds. The predicted octanol–water partition coefficient (Wildman–Crippen LogP) is 5.13. The zero-order chi connectivity index (χ0) is 18.4. The molecule has 3 nitrogen and oxygen atoms in total. The van der Waals surface area contributed by atoms with Gasteiger partial charge in [-0.1, -0.05) is 31.7 Å². The Kier molecular flexibility index (Phi) is 14.9. The molecule has 1 fully saturated rings. The maximum absolute atomic E-state index is 11.3. The van der Waals surface area contributed by atoms with Crippen LogP contribution >= 0.6 is 34.8 Å². The number of carbonyl (C=O) groups excluding carboxylic acids is 1. The van der Waals surface area contributed by atoms with Crippen molar-refractivity contribution in [2.75, 3.05) is 18.6 Å². The molecule has 1 saturated carbocycles. The number of carbonyl (C=O) groups is 1. The molecule has 6 heteroatoms. The van der Waals surface area contributed by atoms with E-state index in [1.165, 1.54) is 0 Å². The first-order chi connectivity index (χ1) is 11.5. The third-order valence-electron chi connectivity index (χ3n) is 4.24. The van der Waals surface area contributed by atoms with Crippen molar-refractivity contribution in [3.63, 3.8) is 0 Å². The second kappa shape index (κ2) is 15.1. The topological polar surface area (TPSA) is 46.5 Å². The molecule has 0 aliphatic heterocycles. The highest BCUT2D eigenvalue weighted by molar-refractivity contribution is 6.40. The van der Waals surface area contributed by atoms with Crippen LogP contribution in [-0.2, 0) is 9.53 Å². The largest absolute Gasteiger partial charge is 0.461 e. The number of allylic oxidation sites excluding steroid dienone is 2. The van der Waals surface area contributed by atoms with Gasteiger partial charge in [-0.2, -0.15) is 0 Å². The molecule has 0 bridgehead atoms. The predicted molar refractivity (Wildman–Crippen MR) is 103 cm³/mol. The quantitative estimate of drug-likeness (QED) is 0.253. The maximum atomic E-state index is 11.3. The van der Waals surface area contributed by atoms with Crippen LogP contribution in [0.25, 0.3) is 0 Å². The van der Waals surface area contributed by atoms with Crippen LogP contribution in [0.3, 0.4) is 0 Å². The summed E-state index contributed by atoms with van der Waals surface area (Å²) in [4.78, 5) is 11.3. The number of alkyl halides is 3. The number of hydrogen-bond donors (Lipinski definition) is 1. The van der Waals surface area contributed by atoms with E-state index in [-0.39, 0.29) is 29.9 Å². The molecule has 1 aliphatic rings. The highest BCUT2D eigenvalue weighted by Crippen LogP contribution is 2.41. The SMILES string of the molecule is C=CCOC(=O)CCC/C=C\C[C@@H]1[C@@H](CO)[C@H](C)C[C@H]1Cl.ClCCl. The molecule has 0 spiro atoms. The van der Waals surface area contributed by atoms with Gasteiger partial charge in [-0.25, -0.2) is 0 Å². The van der Waals surface area contributed by atoms with Gasteiger partial charge in [0.2, 0.25) is 0 Å². The van der Waals surface area contributed by atoms with E-state index in [1.807, 2.05) is 0 Å². The van der Waals surface area contributed by atoms with Crippen LogP contribution < -0.4 is 0 Å². The fourth-order valence-electron chi connectivity index (χ4n) is 2.99. The van der Waals surface area contributed by atoms with Crippen LogP contribution in [0.4, 0.5) is 0 Å². The van der Waals surface area contributed by atoms with Crippen molar-refractivity contribution in [2.45, 2.75) is 44.4 Å². The van der Waals surface area contributed by atoms with Gasteiger partial charge < -0.3 is 9.84 Å². The summed E-state index contributed by atoms with van der Waals surface area (Å²) in [7, 11) is 0. The highest BCUT2D eigenvalue weighted by Gasteiger charge is 2.38. The number of ether oxygens (including phenoxy) is 1. The maximum Gasteiger partial charge on any atom is 0.306 e. The summed E-state index contributed by atoms with van der Waals surface area (Å²) in [6, 6.07) is 0. The smallest absolute Gasteiger partial charge is 0.306 e. The van der Waals surface area contributed by atoms with E-state index in [2.05, 4.69) is 25.7 Å². The summed E-state index contributed by atoms with van der Waals surface area (Å²) >= 11 is 15.9. The van der Waals surface area contributed by atoms with E-state index < -0.39 is 0 Å². The summed E-state index contributed by atoms with van der Waals surface area (Å²) in [6.45, 7) is 6.17. The summed E-state index contributed by atoms with van der Waals surface area (Å²) in [5.41, 5.74) is 0. The van der Waals surface area contributed by atoms with E-state index >= 15 is 0 Å². The van der Waals surface area contributed by atoms with Gasteiger partial charge in [0.05, 0.1) is 5.34 Å². The van der Waals surface area contributed by atoms with E-state index in [4.69, 9.17) is 39.5 Å². The van der Waals surface area contributed by atoms with Crippen LogP contribution in [0.1, 0.15) is 39.0 Å². The fourth-order valence-corrected chi connectivity index (χ4v) is 3.56. The number of aliphatic hydroxyl groups excluding tert-OH is 1. The Morgan fingerprint density at radius 3 is 2.58 bits per heavy atom. The van der Waals surface area contributed by atoms with Gasteiger partial charge >= 0.3 is 5.97 Å². The van der Waals surface area contributed by atoms with Crippen molar-refractivity contribution in [1.29, 1.82) is 0 Å². The molecular weight excluding hydrogens is 371 g/mol. The Morgan fingerprint density at radius 1 is 1.33 bits per heavy atom. The first kappa shape index (κ1) is 23.8. The summed E-state index contributed by atoms with van der Waals surface area (Å²) in [5, 5.41) is 9.81. The number of aliphatic hydroxyl groups is 1. The highest BCUT2D eigenvalue weighted by atomic mass is 35.5. The number of esters is 1. The Bertz CT molecular complexity index is 375. The van der Waals surface area contributed by atoms with Crippen LogP contribution in [0.15, 0.2) is 24.8 Å². The molecule has 0 aromatic carbocycles. The van der Waals surface area contributed by atoms with Gasteiger partial charge in [-0.05, 0) is 43.4 Å². The van der Waals surface area contributed by atoms with Crippen molar-refractivity contribution >= 4 is 40.8 Å². The Morgan fingerprint density at radius 2 is 2.00 bits per heavy atom. The minimum absolute atomic E-state index is 0.163. The van der Waals surface area contributed by atoms with Gasteiger partial charge in [0.1, 0.15) is 6.61 Å². The van der Waals surface area contributed by atoms with Gasteiger partial charge in [-0.15, -0.1) is 34.8 Å². The molecule has 1 rings (SSSR count). The molecule has 0 radical (unpaired) electrons. The zero-order valence-electron chi connectivity index (χ0n) is 14.3. The Labute approximate surface area is 161 Å². The molecule has 0 heterocycles. The molecule has 0 aromatic rings. The number of hydrogen-bond acceptors (Lipinski definition) is 3. The van der Waals surface area contributed by atoms with Gasteiger partial charge in [0.15, 0.2) is 0 Å². The average Bonchev–Trinajstić information content (AvgIpc) is 2.82. The summed E-state index contributed by atoms with van der Waals surface area (Å²) in [6.07, 6.45) is 9.79. The standard InChI is InChI=1S/C17H27ClO3.CH2Cl2/c1-3-10-21-17(20)9-7-5-4-6-8-14-15(12-19)13(2)11-16(14)18;2-1-3/h3-4,6,13-16,19H,1,5,7-12H2,2H3;1H2/b6-4-;/t13-,14-,15+,16-;/m1./s1. The lowest BCUT2D eigenvalue weighted by Crippen LogP contribution is -2.20. The summed E-state index contributed by atoms with van der Waals surface area (Å²) in [5.74, 6) is 0.996. The molecule has 4 atom stereocenters. The lowest BCUT2D eigenvalue weighted by molar-refractivity contribution is -0.142. The lowest BCUT2D eigenvalue weighted by Gasteiger charge is -2.20. The van der Waals surface area contributed by atoms with E-state index in [0.29, 0.717) is 24.2 Å². The monoisotopic (exact) mass is 398 g/mol. The number of unbranched alkanes of at least 4 members (excludes halogenated alkanes) is 1. The minimum atomic E-state index is -0.172. The summed E-state index contributed by atoms with van der Waals surface area (Å²) < 4.78 is 4.91. The molecular formula is C18H29Cl3O3. The van der Waals surface area contributed by atoms with Gasteiger partial charge in [-0.3, -0.25) is 4.79 Å². The Balaban J connectivity index is 0.00000163. The zero-order valence-corrected chi connectivity index (χ0v) is 16.6. The van der Waals surface area contributed by atoms with Crippen LogP contribution in [-0.4, -0.2) is 35.0 Å². The third kappa shape index (κ3) is 9.93. The fraction of sp³-hybridized carbons (Fsp3) is 0.722. The molecule has 0 unspecified atom stereocenters. The van der Waals surface area contributed by atoms with Gasteiger partial charge in [0, 0.05) is 18.4 Å². The lowest BCUT2D eigenvalue weighted by atomic mass is 9.89. The average molecular weight is 400 g/mol. The second-order valence-corrected chi connectivity index (χ2v) is 7.28. The molecule has 1 aliphatic carbocycles. The molecule has 0 aromatic heterocycles. The van der Waals surface area contributed by atoms with Crippen molar-refractivity contribution in [2.24, 2.45) is 17.8 Å². The van der Waals surface area contributed by atoms with Crippen molar-refractivity contribution in [3.8, 4) is 0 Å². The van der Waals surface area contributed by atoms with Crippen molar-refractivity contribution < 1.29 is 14.6 Å². The van der Waals surface area contributed by atoms with E-state index in [0.717, 1.165) is 25.7 Å². The van der Waals surface area contributed by atoms with Crippen LogP contribution in [0, 0.1) is 17.8 Å². The molecule has 1 N–H and O–H groups in total. The number of halogens is 3. The minimum Gasteiger partial charge on any atom is -0.461 e. The van der Waals surface area contributed by atoms with Crippen LogP contribution in [0.5, 0.6) is 0 Å². The molecule has 0 saturated heterocycles. The third-order valence-corrected chi connectivity index (χ3v) is 4.74. The van der Waals surface area contributed by atoms with Crippen molar-refractivity contribution in [3.05, 3.63) is 24.8 Å². The van der Waals surface area contributed by atoms with E-state index in [9.17, 15) is 9.90 Å². The van der Waals surface area contributed by atoms with Crippen LogP contribution in [0.2, 0.25) is 0 Å². The normalized spacial score (nSPS) is 26.0. The van der Waals surface area contributed by atoms with E-state index in [1.54, 1.807) is 6.08 Å². The first-order valence-electron chi connectivity index (χ1n) is 8.30. The van der Waals surface area contributed by atoms with Crippen molar-refractivity contribution in [1.82, 2.24) is 0 Å². The number of rotatable bonds is 9. The first-order valence-corrected chi connectivity index (χ1v) is 9.80. The van der Waals surface area contributed by atoms with Gasteiger partial charge in [0.25, 0.3) is 0 Å². The Hall–Kier alpha value is -0.220. The second-order valence-electron chi connectivity index (χ2n) is 5.91.